The van der Waals surface area contributed by atoms with Crippen molar-refractivity contribution in [3.05, 3.63) is 29.3 Å². The van der Waals surface area contributed by atoms with Crippen molar-refractivity contribution in [1.82, 2.24) is 4.31 Å². The number of ether oxygens (including phenoxy) is 1. The summed E-state index contributed by atoms with van der Waals surface area (Å²) < 4.78 is 30.3. The Kier molecular flexibility index (Phi) is 5.08. The summed E-state index contributed by atoms with van der Waals surface area (Å²) in [5.74, 6) is -1.92. The highest BCUT2D eigenvalue weighted by atomic mass is 32.2. The van der Waals surface area contributed by atoms with Crippen molar-refractivity contribution < 1.29 is 27.9 Å². The minimum absolute atomic E-state index is 0.120. The van der Waals surface area contributed by atoms with Crippen molar-refractivity contribution in [1.29, 1.82) is 0 Å². The Balaban J connectivity index is 3.40. The topological polar surface area (TPSA) is 101 Å². The number of hydrogen-bond donors (Lipinski definition) is 1. The Labute approximate surface area is 123 Å². The van der Waals surface area contributed by atoms with Crippen LogP contribution in [0.5, 0.6) is 0 Å². The molecule has 1 N–H and O–H groups in total. The fourth-order valence-corrected chi connectivity index (χ4v) is 3.31. The lowest BCUT2D eigenvalue weighted by Crippen LogP contribution is -2.40. The van der Waals surface area contributed by atoms with E-state index >= 15 is 0 Å². The molecule has 0 saturated heterocycles. The third-order valence-electron chi connectivity index (χ3n) is 3.25. The van der Waals surface area contributed by atoms with Gasteiger partial charge in [0.1, 0.15) is 6.04 Å². The van der Waals surface area contributed by atoms with E-state index in [0.29, 0.717) is 0 Å². The predicted octanol–water partition coefficient (Wildman–Crippen LogP) is 0.875. The highest BCUT2D eigenvalue weighted by Gasteiger charge is 2.31. The molecule has 0 spiro atoms. The number of nitrogens with zero attached hydrogens (tertiary/aromatic N) is 1. The molecular weight excluding hydrogens is 298 g/mol. The zero-order valence-electron chi connectivity index (χ0n) is 12.2. The van der Waals surface area contributed by atoms with Crippen LogP contribution in [-0.2, 0) is 19.6 Å². The fourth-order valence-electron chi connectivity index (χ4n) is 1.74. The number of sulfonamides is 1. The zero-order valence-corrected chi connectivity index (χ0v) is 13.0. The van der Waals surface area contributed by atoms with Crippen molar-refractivity contribution in [2.24, 2.45) is 0 Å². The number of benzene rings is 1. The number of likely N-dealkylation sites (N-methyl/N-ethyl adjacent to an activating group) is 1. The van der Waals surface area contributed by atoms with E-state index in [-0.39, 0.29) is 16.0 Å². The quantitative estimate of drug-likeness (QED) is 0.809. The minimum Gasteiger partial charge on any atom is -0.480 e. The first-order chi connectivity index (χ1) is 9.64. The number of aliphatic carboxylic acids is 1. The second-order valence-electron chi connectivity index (χ2n) is 4.46. The lowest BCUT2D eigenvalue weighted by atomic mass is 10.1. The Morgan fingerprint density at radius 2 is 1.90 bits per heavy atom. The summed E-state index contributed by atoms with van der Waals surface area (Å²) in [5, 5.41) is 8.93. The van der Waals surface area contributed by atoms with Gasteiger partial charge < -0.3 is 9.84 Å². The van der Waals surface area contributed by atoms with E-state index in [2.05, 4.69) is 4.74 Å². The molecule has 7 nitrogen and oxygen atoms in total. The smallest absolute Gasteiger partial charge is 0.338 e. The minimum atomic E-state index is -4.03. The first kappa shape index (κ1) is 17.1. The van der Waals surface area contributed by atoms with Crippen molar-refractivity contribution >= 4 is 22.0 Å². The normalized spacial score (nSPS) is 13.0. The van der Waals surface area contributed by atoms with Crippen LogP contribution in [0.4, 0.5) is 0 Å². The molecule has 0 aromatic heterocycles. The largest absolute Gasteiger partial charge is 0.480 e. The van der Waals surface area contributed by atoms with Crippen LogP contribution in [0.3, 0.4) is 0 Å². The number of esters is 1. The fraction of sp³-hybridized carbons (Fsp3) is 0.385. The van der Waals surface area contributed by atoms with Crippen LogP contribution in [0.2, 0.25) is 0 Å². The summed E-state index contributed by atoms with van der Waals surface area (Å²) in [7, 11) is -1.66. The second kappa shape index (κ2) is 6.23. The number of carboxylic acid groups (broad SMARTS) is 1. The van der Waals surface area contributed by atoms with E-state index in [0.717, 1.165) is 4.31 Å². The van der Waals surface area contributed by atoms with Gasteiger partial charge in [-0.1, -0.05) is 6.07 Å². The lowest BCUT2D eigenvalue weighted by molar-refractivity contribution is -0.140. The van der Waals surface area contributed by atoms with E-state index in [1.54, 1.807) is 0 Å². The lowest BCUT2D eigenvalue weighted by Gasteiger charge is -2.22. The molecular formula is C13H17NO6S. The maximum Gasteiger partial charge on any atom is 0.338 e. The molecule has 1 atom stereocenters. The highest BCUT2D eigenvalue weighted by Crippen LogP contribution is 2.23. The monoisotopic (exact) mass is 315 g/mol. The van der Waals surface area contributed by atoms with Gasteiger partial charge in [-0.05, 0) is 31.5 Å². The number of carboxylic acids is 1. The van der Waals surface area contributed by atoms with E-state index in [1.807, 2.05) is 0 Å². The van der Waals surface area contributed by atoms with Crippen molar-refractivity contribution in [3.8, 4) is 0 Å². The molecule has 21 heavy (non-hydrogen) atoms. The number of rotatable bonds is 5. The van der Waals surface area contributed by atoms with Crippen molar-refractivity contribution in [3.63, 3.8) is 0 Å². The van der Waals surface area contributed by atoms with Gasteiger partial charge in [-0.25, -0.2) is 13.2 Å². The predicted molar refractivity (Wildman–Crippen MR) is 74.6 cm³/mol. The van der Waals surface area contributed by atoms with E-state index in [9.17, 15) is 18.0 Å². The maximum absolute atomic E-state index is 12.5. The summed E-state index contributed by atoms with van der Waals surface area (Å²) in [4.78, 5) is 22.4. The Bertz CT molecular complexity index is 667. The van der Waals surface area contributed by atoms with E-state index in [1.165, 1.54) is 46.2 Å². The molecule has 0 amide bonds. The average molecular weight is 315 g/mol. The zero-order chi connectivity index (χ0) is 16.4. The first-order valence-electron chi connectivity index (χ1n) is 6.03. The van der Waals surface area contributed by atoms with Gasteiger partial charge >= 0.3 is 11.9 Å². The number of carbonyl (C=O) groups excluding carboxylic acids is 1. The highest BCUT2D eigenvalue weighted by molar-refractivity contribution is 7.89. The van der Waals surface area contributed by atoms with Crippen LogP contribution >= 0.6 is 0 Å². The number of carbonyl (C=O) groups is 2. The average Bonchev–Trinajstić information content (AvgIpc) is 2.44. The van der Waals surface area contributed by atoms with E-state index in [4.69, 9.17) is 5.11 Å². The molecule has 116 valence electrons. The molecule has 0 bridgehead atoms. The molecule has 1 rings (SSSR count). The molecule has 1 unspecified atom stereocenters. The van der Waals surface area contributed by atoms with Gasteiger partial charge in [0.2, 0.25) is 10.0 Å². The van der Waals surface area contributed by atoms with Crippen LogP contribution in [0.1, 0.15) is 22.8 Å². The van der Waals surface area contributed by atoms with Gasteiger partial charge in [-0.15, -0.1) is 0 Å². The molecule has 0 aliphatic heterocycles. The van der Waals surface area contributed by atoms with Gasteiger partial charge in [0, 0.05) is 7.05 Å². The molecule has 0 aliphatic rings. The molecule has 0 aliphatic carbocycles. The molecule has 0 heterocycles. The van der Waals surface area contributed by atoms with Crippen LogP contribution in [0, 0.1) is 6.92 Å². The van der Waals surface area contributed by atoms with E-state index < -0.39 is 28.0 Å². The SMILES string of the molecule is COC(=O)c1cccc(S(=O)(=O)N(C)C(C)C(=O)O)c1C. The van der Waals surface area contributed by atoms with Crippen LogP contribution in [-0.4, -0.2) is 50.0 Å². The molecule has 0 radical (unpaired) electrons. The molecule has 0 saturated carbocycles. The van der Waals surface area contributed by atoms with Crippen LogP contribution < -0.4 is 0 Å². The summed E-state index contributed by atoms with van der Waals surface area (Å²) in [5.41, 5.74) is 0.337. The third-order valence-corrected chi connectivity index (χ3v) is 5.32. The van der Waals surface area contributed by atoms with Crippen LogP contribution in [0.15, 0.2) is 23.1 Å². The molecule has 1 aromatic carbocycles. The molecule has 8 heteroatoms. The number of methoxy groups -OCH3 is 1. The van der Waals surface area contributed by atoms with Gasteiger partial charge in [0.15, 0.2) is 0 Å². The van der Waals surface area contributed by atoms with Crippen molar-refractivity contribution in [2.45, 2.75) is 24.8 Å². The van der Waals surface area contributed by atoms with Crippen molar-refractivity contribution in [2.75, 3.05) is 14.2 Å². The van der Waals surface area contributed by atoms with Gasteiger partial charge in [0.05, 0.1) is 17.6 Å². The Hall–Kier alpha value is -1.93. The summed E-state index contributed by atoms with van der Waals surface area (Å²) in [6.07, 6.45) is 0. The summed E-state index contributed by atoms with van der Waals surface area (Å²) in [6, 6.07) is 2.95. The molecule has 1 aromatic rings. The third kappa shape index (κ3) is 3.22. The first-order valence-corrected chi connectivity index (χ1v) is 7.47. The number of hydrogen-bond acceptors (Lipinski definition) is 5. The van der Waals surface area contributed by atoms with Crippen LogP contribution in [0.25, 0.3) is 0 Å². The Morgan fingerprint density at radius 3 is 2.38 bits per heavy atom. The maximum atomic E-state index is 12.5. The standard InChI is InChI=1S/C13H17NO6S/c1-8-10(13(17)20-4)6-5-7-11(8)21(18,19)14(3)9(2)12(15)16/h5-7,9H,1-4H3,(H,15,16). The van der Waals surface area contributed by atoms with Gasteiger partial charge in [-0.3, -0.25) is 4.79 Å². The Morgan fingerprint density at radius 1 is 1.33 bits per heavy atom. The van der Waals surface area contributed by atoms with Gasteiger partial charge in [0.25, 0.3) is 0 Å². The van der Waals surface area contributed by atoms with Gasteiger partial charge in [-0.2, -0.15) is 4.31 Å². The summed E-state index contributed by atoms with van der Waals surface area (Å²) in [6.45, 7) is 2.73. The molecule has 0 fully saturated rings. The summed E-state index contributed by atoms with van der Waals surface area (Å²) >= 11 is 0. The second-order valence-corrected chi connectivity index (χ2v) is 6.42.